The monoisotopic (exact) mass is 527 g/mol. The highest BCUT2D eigenvalue weighted by Crippen LogP contribution is 2.35. The molecule has 0 bridgehead atoms. The van der Waals surface area contributed by atoms with E-state index < -0.39 is 0 Å². The fraction of sp³-hybridized carbons (Fsp3) is 0.323. The van der Waals surface area contributed by atoms with Gasteiger partial charge < -0.3 is 25.0 Å². The SMILES string of the molecule is CCCN(CCC)CCCOc1cc2ncnc(Nc3ccc(NC(=O)c4ccccc4)cc3)c2cc1OC. The molecule has 8 heteroatoms. The minimum Gasteiger partial charge on any atom is -0.493 e. The van der Waals surface area contributed by atoms with Gasteiger partial charge in [0.1, 0.15) is 12.1 Å². The lowest BCUT2D eigenvalue weighted by molar-refractivity contribution is 0.102. The highest BCUT2D eigenvalue weighted by molar-refractivity contribution is 6.04. The summed E-state index contributed by atoms with van der Waals surface area (Å²) in [7, 11) is 1.64. The highest BCUT2D eigenvalue weighted by Gasteiger charge is 2.13. The molecule has 0 aliphatic heterocycles. The van der Waals surface area contributed by atoms with Gasteiger partial charge in [-0.05, 0) is 74.8 Å². The number of anilines is 3. The Bertz CT molecular complexity index is 1340. The van der Waals surface area contributed by atoms with Crippen LogP contribution in [0.2, 0.25) is 0 Å². The number of aromatic nitrogens is 2. The maximum Gasteiger partial charge on any atom is 0.255 e. The molecule has 0 radical (unpaired) electrons. The van der Waals surface area contributed by atoms with Gasteiger partial charge in [0.15, 0.2) is 11.5 Å². The second-order valence-electron chi connectivity index (χ2n) is 9.31. The van der Waals surface area contributed by atoms with Crippen molar-refractivity contribution in [2.75, 3.05) is 44.0 Å². The predicted molar refractivity (Wildman–Crippen MR) is 157 cm³/mol. The summed E-state index contributed by atoms with van der Waals surface area (Å²) in [5, 5.41) is 7.09. The standard InChI is InChI=1S/C31H37N5O3/c1-4-16-36(17-5-2)18-9-19-39-29-21-27-26(20-28(29)38-3)30(33-22-32-27)34-24-12-14-25(15-13-24)35-31(37)23-10-7-6-8-11-23/h6-8,10-15,20-22H,4-5,9,16-19H2,1-3H3,(H,35,37)(H,32,33,34). The zero-order chi connectivity index (χ0) is 27.5. The number of methoxy groups -OCH3 is 1. The lowest BCUT2D eigenvalue weighted by Crippen LogP contribution is -2.27. The molecule has 204 valence electrons. The lowest BCUT2D eigenvalue weighted by Gasteiger charge is -2.21. The van der Waals surface area contributed by atoms with Crippen LogP contribution < -0.4 is 20.1 Å². The molecule has 0 atom stereocenters. The van der Waals surface area contributed by atoms with Gasteiger partial charge in [0.05, 0.1) is 19.2 Å². The zero-order valence-electron chi connectivity index (χ0n) is 22.9. The Kier molecular flexibility index (Phi) is 10.1. The summed E-state index contributed by atoms with van der Waals surface area (Å²) in [4.78, 5) is 23.8. The summed E-state index contributed by atoms with van der Waals surface area (Å²) in [5.74, 6) is 1.81. The first-order chi connectivity index (χ1) is 19.1. The summed E-state index contributed by atoms with van der Waals surface area (Å²) in [6, 6.07) is 20.4. The molecule has 0 spiro atoms. The van der Waals surface area contributed by atoms with Gasteiger partial charge in [-0.15, -0.1) is 0 Å². The molecule has 1 amide bonds. The largest absolute Gasteiger partial charge is 0.493 e. The molecule has 3 aromatic carbocycles. The smallest absolute Gasteiger partial charge is 0.255 e. The number of benzene rings is 3. The van der Waals surface area contributed by atoms with Crippen LogP contribution in [0, 0.1) is 0 Å². The number of carbonyl (C=O) groups excluding carboxylic acids is 1. The molecule has 0 aliphatic rings. The highest BCUT2D eigenvalue weighted by atomic mass is 16.5. The summed E-state index contributed by atoms with van der Waals surface area (Å²) < 4.78 is 11.8. The molecule has 0 fully saturated rings. The number of nitrogens with zero attached hydrogens (tertiary/aromatic N) is 3. The molecular formula is C31H37N5O3. The van der Waals surface area contributed by atoms with Crippen molar-refractivity contribution in [1.29, 1.82) is 0 Å². The second kappa shape index (κ2) is 14.1. The molecule has 1 aromatic heterocycles. The summed E-state index contributed by atoms with van der Waals surface area (Å²) in [6.07, 6.45) is 4.79. The van der Waals surface area contributed by atoms with Crippen molar-refractivity contribution in [3.8, 4) is 11.5 Å². The maximum absolute atomic E-state index is 12.4. The van der Waals surface area contributed by atoms with Gasteiger partial charge in [0.2, 0.25) is 0 Å². The third kappa shape index (κ3) is 7.67. The number of rotatable bonds is 14. The molecule has 0 unspecified atom stereocenters. The Morgan fingerprint density at radius 1 is 0.872 bits per heavy atom. The van der Waals surface area contributed by atoms with Crippen LogP contribution in [0.25, 0.3) is 10.9 Å². The van der Waals surface area contributed by atoms with Crippen LogP contribution in [0.3, 0.4) is 0 Å². The first-order valence-electron chi connectivity index (χ1n) is 13.5. The molecule has 0 saturated carbocycles. The van der Waals surface area contributed by atoms with Crippen molar-refractivity contribution >= 4 is 34.0 Å². The minimum atomic E-state index is -0.150. The average molecular weight is 528 g/mol. The van der Waals surface area contributed by atoms with Crippen LogP contribution in [0.4, 0.5) is 17.2 Å². The number of carbonyl (C=O) groups is 1. The Hall–Kier alpha value is -4.17. The molecule has 0 aliphatic carbocycles. The van der Waals surface area contributed by atoms with Crippen LogP contribution in [0.5, 0.6) is 11.5 Å². The second-order valence-corrected chi connectivity index (χ2v) is 9.31. The van der Waals surface area contributed by atoms with Crippen molar-refractivity contribution in [2.24, 2.45) is 0 Å². The van der Waals surface area contributed by atoms with Crippen molar-refractivity contribution in [3.05, 3.63) is 78.6 Å². The van der Waals surface area contributed by atoms with E-state index in [0.717, 1.165) is 55.5 Å². The van der Waals surface area contributed by atoms with E-state index in [9.17, 15) is 4.79 Å². The molecule has 2 N–H and O–H groups in total. The summed E-state index contributed by atoms with van der Waals surface area (Å²) in [6.45, 7) is 8.28. The Morgan fingerprint density at radius 3 is 2.28 bits per heavy atom. The van der Waals surface area contributed by atoms with E-state index in [1.54, 1.807) is 19.2 Å². The van der Waals surface area contributed by atoms with E-state index in [4.69, 9.17) is 9.47 Å². The lowest BCUT2D eigenvalue weighted by atomic mass is 10.2. The van der Waals surface area contributed by atoms with E-state index in [0.29, 0.717) is 35.2 Å². The van der Waals surface area contributed by atoms with Gasteiger partial charge in [-0.2, -0.15) is 0 Å². The number of nitrogens with one attached hydrogen (secondary N) is 2. The zero-order valence-corrected chi connectivity index (χ0v) is 22.9. The van der Waals surface area contributed by atoms with Crippen LogP contribution in [0.15, 0.2) is 73.1 Å². The topological polar surface area (TPSA) is 88.6 Å². The molecule has 8 nitrogen and oxygen atoms in total. The fourth-order valence-electron chi connectivity index (χ4n) is 4.44. The molecule has 0 saturated heterocycles. The molecule has 1 heterocycles. The van der Waals surface area contributed by atoms with E-state index in [2.05, 4.69) is 39.3 Å². The molecule has 4 rings (SSSR count). The first kappa shape index (κ1) is 27.9. The van der Waals surface area contributed by atoms with E-state index in [1.807, 2.05) is 54.6 Å². The summed E-state index contributed by atoms with van der Waals surface area (Å²) >= 11 is 0. The number of hydrogen-bond donors (Lipinski definition) is 2. The molecule has 39 heavy (non-hydrogen) atoms. The third-order valence-corrected chi connectivity index (χ3v) is 6.32. The van der Waals surface area contributed by atoms with E-state index in [1.165, 1.54) is 6.33 Å². The van der Waals surface area contributed by atoms with E-state index >= 15 is 0 Å². The van der Waals surface area contributed by atoms with Crippen LogP contribution in [-0.4, -0.2) is 54.1 Å². The normalized spacial score (nSPS) is 11.0. The van der Waals surface area contributed by atoms with Gasteiger partial charge >= 0.3 is 0 Å². The number of fused-ring (bicyclic) bond motifs is 1. The molecule has 4 aromatic rings. The predicted octanol–water partition coefficient (Wildman–Crippen LogP) is 6.53. The van der Waals surface area contributed by atoms with Crippen molar-refractivity contribution < 1.29 is 14.3 Å². The van der Waals surface area contributed by atoms with Crippen LogP contribution in [0.1, 0.15) is 43.5 Å². The Morgan fingerprint density at radius 2 is 1.59 bits per heavy atom. The van der Waals surface area contributed by atoms with Crippen molar-refractivity contribution in [2.45, 2.75) is 33.1 Å². The number of hydrogen-bond acceptors (Lipinski definition) is 7. The van der Waals surface area contributed by atoms with E-state index in [-0.39, 0.29) is 5.91 Å². The Balaban J connectivity index is 1.42. The van der Waals surface area contributed by atoms with Gasteiger partial charge in [0, 0.05) is 34.9 Å². The van der Waals surface area contributed by atoms with Gasteiger partial charge in [-0.3, -0.25) is 4.79 Å². The van der Waals surface area contributed by atoms with Gasteiger partial charge in [-0.25, -0.2) is 9.97 Å². The summed E-state index contributed by atoms with van der Waals surface area (Å²) in [5.41, 5.74) is 2.90. The third-order valence-electron chi connectivity index (χ3n) is 6.32. The minimum absolute atomic E-state index is 0.150. The first-order valence-corrected chi connectivity index (χ1v) is 13.5. The number of amides is 1. The van der Waals surface area contributed by atoms with Crippen molar-refractivity contribution in [3.63, 3.8) is 0 Å². The fourth-order valence-corrected chi connectivity index (χ4v) is 4.44. The quantitative estimate of drug-likeness (QED) is 0.180. The number of ether oxygens (including phenoxy) is 2. The Labute approximate surface area is 230 Å². The maximum atomic E-state index is 12.4. The van der Waals surface area contributed by atoms with Crippen LogP contribution >= 0.6 is 0 Å². The average Bonchev–Trinajstić information content (AvgIpc) is 2.96. The van der Waals surface area contributed by atoms with Crippen molar-refractivity contribution in [1.82, 2.24) is 14.9 Å². The van der Waals surface area contributed by atoms with Crippen LogP contribution in [-0.2, 0) is 0 Å². The van der Waals surface area contributed by atoms with Gasteiger partial charge in [0.25, 0.3) is 5.91 Å². The molecular weight excluding hydrogens is 490 g/mol. The van der Waals surface area contributed by atoms with Gasteiger partial charge in [-0.1, -0.05) is 32.0 Å².